The molecule has 1 atom stereocenters. The van der Waals surface area contributed by atoms with Crippen LogP contribution in [0, 0.1) is 5.92 Å². The molecule has 1 aromatic carbocycles. The molecule has 1 unspecified atom stereocenters. The predicted octanol–water partition coefficient (Wildman–Crippen LogP) is 2.87. The molecule has 2 rings (SSSR count). The number of halogens is 1. The standard InChI is InChI=1S/C14H20FN/c1-2-11-3-5-12(6-4-11)9-14(15,10-16)13-7-8-13/h3-6,13H,2,7-10,16H2,1H3. The first kappa shape index (κ1) is 11.6. The fraction of sp³-hybridized carbons (Fsp3) is 0.571. The van der Waals surface area contributed by atoms with Gasteiger partial charge in [-0.05, 0) is 36.3 Å². The average molecular weight is 221 g/mol. The minimum absolute atomic E-state index is 0.146. The van der Waals surface area contributed by atoms with E-state index in [0.717, 1.165) is 24.8 Å². The first-order chi connectivity index (χ1) is 7.68. The molecule has 1 saturated carbocycles. The Balaban J connectivity index is 2.06. The summed E-state index contributed by atoms with van der Waals surface area (Å²) in [6.45, 7) is 2.27. The van der Waals surface area contributed by atoms with E-state index in [0.29, 0.717) is 6.42 Å². The predicted molar refractivity (Wildman–Crippen MR) is 65.1 cm³/mol. The van der Waals surface area contributed by atoms with Crippen molar-refractivity contribution in [2.75, 3.05) is 6.54 Å². The highest BCUT2D eigenvalue weighted by molar-refractivity contribution is 5.24. The maximum atomic E-state index is 14.4. The van der Waals surface area contributed by atoms with Crippen molar-refractivity contribution in [2.45, 2.75) is 38.3 Å². The minimum atomic E-state index is -1.17. The van der Waals surface area contributed by atoms with Gasteiger partial charge in [-0.25, -0.2) is 4.39 Å². The Morgan fingerprint density at radius 1 is 1.25 bits per heavy atom. The molecule has 88 valence electrons. The molecule has 2 heteroatoms. The first-order valence-electron chi connectivity index (χ1n) is 6.15. The SMILES string of the molecule is CCc1ccc(CC(F)(CN)C2CC2)cc1. The Morgan fingerprint density at radius 2 is 1.81 bits per heavy atom. The molecule has 16 heavy (non-hydrogen) atoms. The van der Waals surface area contributed by atoms with Gasteiger partial charge in [-0.15, -0.1) is 0 Å². The Labute approximate surface area is 96.9 Å². The van der Waals surface area contributed by atoms with E-state index in [1.807, 2.05) is 12.1 Å². The maximum absolute atomic E-state index is 14.4. The summed E-state index contributed by atoms with van der Waals surface area (Å²) in [6.07, 6.45) is 3.50. The lowest BCUT2D eigenvalue weighted by Gasteiger charge is -2.23. The maximum Gasteiger partial charge on any atom is 0.130 e. The molecule has 1 aliphatic carbocycles. The highest BCUT2D eigenvalue weighted by Gasteiger charge is 2.44. The van der Waals surface area contributed by atoms with Crippen molar-refractivity contribution in [1.82, 2.24) is 0 Å². The largest absolute Gasteiger partial charge is 0.328 e. The monoisotopic (exact) mass is 221 g/mol. The fourth-order valence-corrected chi connectivity index (χ4v) is 2.22. The van der Waals surface area contributed by atoms with Crippen LogP contribution in [0.2, 0.25) is 0 Å². The molecule has 0 aliphatic heterocycles. The highest BCUT2D eigenvalue weighted by atomic mass is 19.1. The van der Waals surface area contributed by atoms with E-state index >= 15 is 0 Å². The molecule has 1 nitrogen and oxygen atoms in total. The van der Waals surface area contributed by atoms with Crippen LogP contribution in [-0.2, 0) is 12.8 Å². The molecule has 0 saturated heterocycles. The van der Waals surface area contributed by atoms with Crippen LogP contribution in [-0.4, -0.2) is 12.2 Å². The quantitative estimate of drug-likeness (QED) is 0.813. The summed E-state index contributed by atoms with van der Waals surface area (Å²) >= 11 is 0. The molecule has 0 heterocycles. The summed E-state index contributed by atoms with van der Waals surface area (Å²) in [4.78, 5) is 0. The van der Waals surface area contributed by atoms with E-state index in [1.165, 1.54) is 5.56 Å². The second-order valence-corrected chi connectivity index (χ2v) is 4.86. The Morgan fingerprint density at radius 3 is 2.25 bits per heavy atom. The van der Waals surface area contributed by atoms with Gasteiger partial charge in [-0.3, -0.25) is 0 Å². The third kappa shape index (κ3) is 2.43. The molecule has 1 fully saturated rings. The normalized spacial score (nSPS) is 19.4. The molecular weight excluding hydrogens is 201 g/mol. The van der Waals surface area contributed by atoms with Crippen LogP contribution in [0.25, 0.3) is 0 Å². The van der Waals surface area contributed by atoms with Gasteiger partial charge >= 0.3 is 0 Å². The number of rotatable bonds is 5. The van der Waals surface area contributed by atoms with E-state index in [2.05, 4.69) is 19.1 Å². The van der Waals surface area contributed by atoms with Gasteiger partial charge in [0.1, 0.15) is 5.67 Å². The summed E-state index contributed by atoms with van der Waals surface area (Å²) < 4.78 is 14.4. The van der Waals surface area contributed by atoms with Crippen LogP contribution in [0.15, 0.2) is 24.3 Å². The van der Waals surface area contributed by atoms with E-state index in [1.54, 1.807) is 0 Å². The average Bonchev–Trinajstić information content (AvgIpc) is 3.14. The Bertz CT molecular complexity index is 342. The summed E-state index contributed by atoms with van der Waals surface area (Å²) in [5, 5.41) is 0. The van der Waals surface area contributed by atoms with E-state index in [4.69, 9.17) is 5.73 Å². The number of alkyl halides is 1. The van der Waals surface area contributed by atoms with Gasteiger partial charge in [0.2, 0.25) is 0 Å². The van der Waals surface area contributed by atoms with E-state index in [-0.39, 0.29) is 12.5 Å². The number of hydrogen-bond donors (Lipinski definition) is 1. The Hall–Kier alpha value is -0.890. The lowest BCUT2D eigenvalue weighted by molar-refractivity contribution is 0.142. The zero-order valence-electron chi connectivity index (χ0n) is 9.88. The van der Waals surface area contributed by atoms with Gasteiger partial charge in [0, 0.05) is 13.0 Å². The smallest absolute Gasteiger partial charge is 0.130 e. The molecule has 1 aliphatic rings. The zero-order valence-corrected chi connectivity index (χ0v) is 9.88. The molecule has 0 aromatic heterocycles. The summed E-state index contributed by atoms with van der Waals surface area (Å²) in [5.74, 6) is 0.198. The van der Waals surface area contributed by atoms with Crippen LogP contribution in [0.3, 0.4) is 0 Å². The van der Waals surface area contributed by atoms with Crippen molar-refractivity contribution in [2.24, 2.45) is 11.7 Å². The fourth-order valence-electron chi connectivity index (χ4n) is 2.22. The van der Waals surface area contributed by atoms with Crippen LogP contribution in [0.1, 0.15) is 30.9 Å². The lowest BCUT2D eigenvalue weighted by atomic mass is 9.91. The van der Waals surface area contributed by atoms with Gasteiger partial charge in [0.05, 0.1) is 0 Å². The molecular formula is C14H20FN. The number of benzene rings is 1. The zero-order chi connectivity index (χ0) is 11.6. The lowest BCUT2D eigenvalue weighted by Crippen LogP contribution is -2.37. The van der Waals surface area contributed by atoms with Gasteiger partial charge < -0.3 is 5.73 Å². The van der Waals surface area contributed by atoms with Crippen molar-refractivity contribution in [1.29, 1.82) is 0 Å². The number of nitrogens with two attached hydrogens (primary N) is 1. The van der Waals surface area contributed by atoms with Gasteiger partial charge in [0.15, 0.2) is 0 Å². The molecule has 0 radical (unpaired) electrons. The van der Waals surface area contributed by atoms with Crippen LogP contribution >= 0.6 is 0 Å². The van der Waals surface area contributed by atoms with Crippen molar-refractivity contribution in [3.05, 3.63) is 35.4 Å². The number of aryl methyl sites for hydroxylation is 1. The third-order valence-electron chi connectivity index (χ3n) is 3.58. The number of hydrogen-bond acceptors (Lipinski definition) is 1. The third-order valence-corrected chi connectivity index (χ3v) is 3.58. The molecule has 0 spiro atoms. The van der Waals surface area contributed by atoms with Crippen molar-refractivity contribution < 1.29 is 4.39 Å². The molecule has 1 aromatic rings. The molecule has 0 amide bonds. The van der Waals surface area contributed by atoms with Crippen molar-refractivity contribution in [3.8, 4) is 0 Å². The van der Waals surface area contributed by atoms with Crippen LogP contribution < -0.4 is 5.73 Å². The second kappa shape index (κ2) is 4.54. The second-order valence-electron chi connectivity index (χ2n) is 4.86. The van der Waals surface area contributed by atoms with Gasteiger partial charge in [-0.2, -0.15) is 0 Å². The van der Waals surface area contributed by atoms with Crippen molar-refractivity contribution in [3.63, 3.8) is 0 Å². The Kier molecular flexibility index (Phi) is 3.29. The first-order valence-corrected chi connectivity index (χ1v) is 6.15. The van der Waals surface area contributed by atoms with Gasteiger partial charge in [-0.1, -0.05) is 31.2 Å². The van der Waals surface area contributed by atoms with Crippen LogP contribution in [0.4, 0.5) is 4.39 Å². The van der Waals surface area contributed by atoms with Crippen LogP contribution in [0.5, 0.6) is 0 Å². The summed E-state index contributed by atoms with van der Waals surface area (Å²) in [6, 6.07) is 8.23. The highest BCUT2D eigenvalue weighted by Crippen LogP contribution is 2.43. The van der Waals surface area contributed by atoms with E-state index < -0.39 is 5.67 Å². The molecule has 0 bridgehead atoms. The van der Waals surface area contributed by atoms with Crippen molar-refractivity contribution >= 4 is 0 Å². The summed E-state index contributed by atoms with van der Waals surface area (Å²) in [5.41, 5.74) is 6.77. The topological polar surface area (TPSA) is 26.0 Å². The summed E-state index contributed by atoms with van der Waals surface area (Å²) in [7, 11) is 0. The minimum Gasteiger partial charge on any atom is -0.328 e. The van der Waals surface area contributed by atoms with E-state index in [9.17, 15) is 4.39 Å². The van der Waals surface area contributed by atoms with Gasteiger partial charge in [0.25, 0.3) is 0 Å². The molecule has 2 N–H and O–H groups in total.